The van der Waals surface area contributed by atoms with E-state index in [-0.39, 0.29) is 0 Å². The molecule has 62 valence electrons. The Balaban J connectivity index is 2.29. The second kappa shape index (κ2) is 1.97. The molecule has 0 radical (unpaired) electrons. The molecule has 2 aliphatic carbocycles. The van der Waals surface area contributed by atoms with E-state index in [4.69, 9.17) is 5.11 Å². The maximum atomic E-state index is 10.8. The van der Waals surface area contributed by atoms with Gasteiger partial charge >= 0.3 is 5.97 Å². The van der Waals surface area contributed by atoms with E-state index >= 15 is 0 Å². The maximum Gasteiger partial charge on any atom is 0.312 e. The van der Waals surface area contributed by atoms with Gasteiger partial charge in [-0.05, 0) is 31.6 Å². The number of fused-ring (bicyclic) bond motifs is 2. The third kappa shape index (κ3) is 0.745. The zero-order chi connectivity index (χ0) is 8.06. The molecule has 2 saturated carbocycles. The van der Waals surface area contributed by atoms with Gasteiger partial charge in [0.15, 0.2) is 0 Å². The molecule has 0 aromatic carbocycles. The van der Waals surface area contributed by atoms with E-state index < -0.39 is 17.5 Å². The lowest BCUT2D eigenvalue weighted by Gasteiger charge is -2.26. The van der Waals surface area contributed by atoms with Gasteiger partial charge in [0.2, 0.25) is 0 Å². The molecule has 2 N–H and O–H groups in total. The number of hydrogen-bond acceptors (Lipinski definition) is 2. The van der Waals surface area contributed by atoms with Crippen LogP contribution in [-0.4, -0.2) is 22.3 Å². The molecule has 0 aromatic heterocycles. The van der Waals surface area contributed by atoms with Crippen molar-refractivity contribution in [2.45, 2.75) is 31.8 Å². The lowest BCUT2D eigenvalue weighted by Crippen LogP contribution is -2.37. The smallest absolute Gasteiger partial charge is 0.312 e. The van der Waals surface area contributed by atoms with Gasteiger partial charge in [-0.3, -0.25) is 4.79 Å². The van der Waals surface area contributed by atoms with Crippen LogP contribution in [0.2, 0.25) is 0 Å². The average Bonchev–Trinajstić information content (AvgIpc) is 2.43. The first-order valence-electron chi connectivity index (χ1n) is 4.06. The molecule has 2 bridgehead atoms. The second-order valence-electron chi connectivity index (χ2n) is 3.82. The van der Waals surface area contributed by atoms with E-state index in [9.17, 15) is 9.90 Å². The summed E-state index contributed by atoms with van der Waals surface area (Å²) in [5, 5.41) is 18.4. The highest BCUT2D eigenvalue weighted by Crippen LogP contribution is 2.54. The Labute approximate surface area is 65.0 Å². The minimum atomic E-state index is -0.801. The molecule has 11 heavy (non-hydrogen) atoms. The quantitative estimate of drug-likeness (QED) is 0.585. The van der Waals surface area contributed by atoms with Crippen molar-refractivity contribution >= 4 is 5.97 Å². The SMILES string of the molecule is O=C(O)[C@]12CC[C@H](C[C@@H]1O)C2. The van der Waals surface area contributed by atoms with Crippen molar-refractivity contribution in [3.05, 3.63) is 0 Å². The fourth-order valence-corrected chi connectivity index (χ4v) is 2.56. The van der Waals surface area contributed by atoms with Gasteiger partial charge in [0.05, 0.1) is 11.5 Å². The molecule has 2 fully saturated rings. The van der Waals surface area contributed by atoms with E-state index in [1.165, 1.54) is 0 Å². The van der Waals surface area contributed by atoms with Gasteiger partial charge in [0, 0.05) is 0 Å². The molecule has 0 saturated heterocycles. The van der Waals surface area contributed by atoms with Crippen molar-refractivity contribution in [1.29, 1.82) is 0 Å². The first kappa shape index (κ1) is 7.10. The zero-order valence-corrected chi connectivity index (χ0v) is 6.29. The van der Waals surface area contributed by atoms with Crippen LogP contribution in [0.5, 0.6) is 0 Å². The predicted molar refractivity (Wildman–Crippen MR) is 38.0 cm³/mol. The summed E-state index contributed by atoms with van der Waals surface area (Å²) in [5.74, 6) is -0.328. The van der Waals surface area contributed by atoms with Crippen LogP contribution in [0.15, 0.2) is 0 Å². The van der Waals surface area contributed by atoms with E-state index in [0.29, 0.717) is 25.2 Å². The maximum absolute atomic E-state index is 10.8. The fourth-order valence-electron chi connectivity index (χ4n) is 2.56. The summed E-state index contributed by atoms with van der Waals surface area (Å²) in [5.41, 5.74) is -0.759. The van der Waals surface area contributed by atoms with Crippen LogP contribution in [0, 0.1) is 11.3 Å². The third-order valence-corrected chi connectivity index (χ3v) is 3.27. The highest BCUT2D eigenvalue weighted by molar-refractivity contribution is 5.76. The minimum absolute atomic E-state index is 0.473. The first-order valence-corrected chi connectivity index (χ1v) is 4.06. The molecule has 0 aliphatic heterocycles. The van der Waals surface area contributed by atoms with Crippen molar-refractivity contribution in [2.75, 3.05) is 0 Å². The molecular weight excluding hydrogens is 144 g/mol. The monoisotopic (exact) mass is 156 g/mol. The van der Waals surface area contributed by atoms with Crippen LogP contribution >= 0.6 is 0 Å². The van der Waals surface area contributed by atoms with Crippen LogP contribution in [0.4, 0.5) is 0 Å². The standard InChI is InChI=1S/C8H12O3/c9-6-3-5-1-2-8(6,4-5)7(10)11/h5-6,9H,1-4H2,(H,10,11)/t5-,6+,8+/m1/s1. The number of aliphatic carboxylic acids is 1. The first-order chi connectivity index (χ1) is 5.15. The summed E-state index contributed by atoms with van der Waals surface area (Å²) in [6, 6.07) is 0. The normalized spacial score (nSPS) is 48.1. The van der Waals surface area contributed by atoms with Crippen LogP contribution in [0.1, 0.15) is 25.7 Å². The Morgan fingerprint density at radius 1 is 1.55 bits per heavy atom. The molecule has 0 spiro atoms. The summed E-state index contributed by atoms with van der Waals surface area (Å²) in [4.78, 5) is 10.8. The second-order valence-corrected chi connectivity index (χ2v) is 3.82. The summed E-state index contributed by atoms with van der Waals surface area (Å²) < 4.78 is 0. The molecule has 2 aliphatic rings. The van der Waals surface area contributed by atoms with E-state index in [1.807, 2.05) is 0 Å². The molecule has 0 amide bonds. The fraction of sp³-hybridized carbons (Fsp3) is 0.875. The third-order valence-electron chi connectivity index (χ3n) is 3.27. The Kier molecular flexibility index (Phi) is 1.27. The van der Waals surface area contributed by atoms with Gasteiger partial charge in [0.1, 0.15) is 0 Å². The minimum Gasteiger partial charge on any atom is -0.481 e. The Morgan fingerprint density at radius 2 is 2.27 bits per heavy atom. The number of carboxylic acid groups (broad SMARTS) is 1. The number of hydrogen-bond donors (Lipinski definition) is 2. The van der Waals surface area contributed by atoms with Gasteiger partial charge < -0.3 is 10.2 Å². The number of rotatable bonds is 1. The van der Waals surface area contributed by atoms with Crippen molar-refractivity contribution in [2.24, 2.45) is 11.3 Å². The Bertz CT molecular complexity index is 202. The van der Waals surface area contributed by atoms with Crippen LogP contribution in [-0.2, 0) is 4.79 Å². The molecule has 3 heteroatoms. The molecule has 0 aromatic rings. The topological polar surface area (TPSA) is 57.5 Å². The highest BCUT2D eigenvalue weighted by Gasteiger charge is 2.56. The molecule has 3 atom stereocenters. The molecule has 2 rings (SSSR count). The number of aliphatic hydroxyl groups excluding tert-OH is 1. The summed E-state index contributed by atoms with van der Waals surface area (Å²) in [7, 11) is 0. The van der Waals surface area contributed by atoms with E-state index in [1.54, 1.807) is 0 Å². The van der Waals surface area contributed by atoms with E-state index in [2.05, 4.69) is 0 Å². The summed E-state index contributed by atoms with van der Waals surface area (Å²) in [6.45, 7) is 0. The van der Waals surface area contributed by atoms with Crippen molar-refractivity contribution < 1.29 is 15.0 Å². The molecular formula is C8H12O3. The van der Waals surface area contributed by atoms with Crippen LogP contribution in [0.3, 0.4) is 0 Å². The van der Waals surface area contributed by atoms with Crippen LogP contribution in [0.25, 0.3) is 0 Å². The van der Waals surface area contributed by atoms with Gasteiger partial charge in [-0.25, -0.2) is 0 Å². The summed E-state index contributed by atoms with van der Waals surface area (Å²) in [6.07, 6.45) is 2.48. The highest BCUT2D eigenvalue weighted by atomic mass is 16.4. The van der Waals surface area contributed by atoms with E-state index in [0.717, 1.165) is 6.42 Å². The van der Waals surface area contributed by atoms with Gasteiger partial charge in [-0.1, -0.05) is 0 Å². The summed E-state index contributed by atoms with van der Waals surface area (Å²) >= 11 is 0. The van der Waals surface area contributed by atoms with Crippen molar-refractivity contribution in [3.63, 3.8) is 0 Å². The van der Waals surface area contributed by atoms with Crippen molar-refractivity contribution in [3.8, 4) is 0 Å². The van der Waals surface area contributed by atoms with Gasteiger partial charge in [0.25, 0.3) is 0 Å². The van der Waals surface area contributed by atoms with Gasteiger partial charge in [-0.15, -0.1) is 0 Å². The number of aliphatic hydroxyl groups is 1. The van der Waals surface area contributed by atoms with Crippen LogP contribution < -0.4 is 0 Å². The molecule has 0 heterocycles. The predicted octanol–water partition coefficient (Wildman–Crippen LogP) is 0.622. The molecule has 0 unspecified atom stereocenters. The Morgan fingerprint density at radius 3 is 2.55 bits per heavy atom. The molecule has 3 nitrogen and oxygen atoms in total. The number of carbonyl (C=O) groups is 1. The lowest BCUT2D eigenvalue weighted by molar-refractivity contribution is -0.154. The van der Waals surface area contributed by atoms with Gasteiger partial charge in [-0.2, -0.15) is 0 Å². The van der Waals surface area contributed by atoms with Crippen molar-refractivity contribution in [1.82, 2.24) is 0 Å². The lowest BCUT2D eigenvalue weighted by atomic mass is 9.82. The number of carboxylic acids is 1. The Hall–Kier alpha value is -0.570. The average molecular weight is 156 g/mol. The largest absolute Gasteiger partial charge is 0.481 e. The zero-order valence-electron chi connectivity index (χ0n) is 6.29.